The molecule has 0 fully saturated rings. The Kier molecular flexibility index (Phi) is 4.47. The van der Waals surface area contributed by atoms with Crippen LogP contribution in [0, 0.1) is 5.92 Å². The molecule has 0 heterocycles. The summed E-state index contributed by atoms with van der Waals surface area (Å²) in [5.41, 5.74) is 1.40. The van der Waals surface area contributed by atoms with Crippen LogP contribution < -0.4 is 0 Å². The van der Waals surface area contributed by atoms with Crippen molar-refractivity contribution in [3.05, 3.63) is 32.7 Å². The van der Waals surface area contributed by atoms with Crippen molar-refractivity contribution in [1.82, 2.24) is 0 Å². The number of hydrogen-bond acceptors (Lipinski definition) is 0. The van der Waals surface area contributed by atoms with Gasteiger partial charge >= 0.3 is 0 Å². The van der Waals surface area contributed by atoms with Crippen LogP contribution in [0.5, 0.6) is 0 Å². The lowest BCUT2D eigenvalue weighted by molar-refractivity contribution is 0.586. The van der Waals surface area contributed by atoms with Crippen LogP contribution >= 0.6 is 31.9 Å². The predicted molar refractivity (Wildman–Crippen MR) is 65.0 cm³/mol. The lowest BCUT2D eigenvalue weighted by Gasteiger charge is -2.05. The maximum Gasteiger partial charge on any atom is 0.0189 e. The van der Waals surface area contributed by atoms with Crippen molar-refractivity contribution < 1.29 is 0 Å². The first-order valence-corrected chi connectivity index (χ1v) is 6.11. The first kappa shape index (κ1) is 11.3. The molecule has 0 amide bonds. The number of halogens is 2. The average Bonchev–Trinajstić information content (AvgIpc) is 1.99. The molecule has 1 aromatic rings. The number of rotatable bonds is 3. The molecule has 1 rings (SSSR count). The zero-order chi connectivity index (χ0) is 9.84. The summed E-state index contributed by atoms with van der Waals surface area (Å²) in [4.78, 5) is 0. The second-order valence-electron chi connectivity index (χ2n) is 3.71. The van der Waals surface area contributed by atoms with Gasteiger partial charge in [-0.3, -0.25) is 0 Å². The van der Waals surface area contributed by atoms with Crippen molar-refractivity contribution >= 4 is 31.9 Å². The Morgan fingerprint density at radius 2 is 1.62 bits per heavy atom. The molecule has 0 bridgehead atoms. The summed E-state index contributed by atoms with van der Waals surface area (Å²) >= 11 is 6.98. The van der Waals surface area contributed by atoms with Gasteiger partial charge in [-0.2, -0.15) is 0 Å². The molecule has 0 nitrogen and oxygen atoms in total. The third-order valence-corrected chi connectivity index (χ3v) is 2.85. The minimum atomic E-state index is 0.776. The SMILES string of the molecule is CC(C)CCc1cc(Br)cc(Br)c1. The minimum Gasteiger partial charge on any atom is -0.0628 e. The number of hydrogen-bond donors (Lipinski definition) is 0. The van der Waals surface area contributed by atoms with E-state index >= 15 is 0 Å². The summed E-state index contributed by atoms with van der Waals surface area (Å²) in [5.74, 6) is 0.776. The number of benzene rings is 1. The molecule has 0 spiro atoms. The minimum absolute atomic E-state index is 0.776. The lowest BCUT2D eigenvalue weighted by atomic mass is 10.0. The Balaban J connectivity index is 2.66. The highest BCUT2D eigenvalue weighted by Crippen LogP contribution is 2.21. The Morgan fingerprint density at radius 3 is 2.08 bits per heavy atom. The normalized spacial score (nSPS) is 10.8. The van der Waals surface area contributed by atoms with Gasteiger partial charge in [0.1, 0.15) is 0 Å². The Morgan fingerprint density at radius 1 is 1.08 bits per heavy atom. The monoisotopic (exact) mass is 304 g/mol. The van der Waals surface area contributed by atoms with Gasteiger partial charge in [-0.15, -0.1) is 0 Å². The zero-order valence-corrected chi connectivity index (χ0v) is 11.2. The largest absolute Gasteiger partial charge is 0.0628 e. The quantitative estimate of drug-likeness (QED) is 0.752. The third kappa shape index (κ3) is 4.28. The van der Waals surface area contributed by atoms with Crippen molar-refractivity contribution in [2.75, 3.05) is 0 Å². The van der Waals surface area contributed by atoms with Crippen LogP contribution in [0.25, 0.3) is 0 Å². The fourth-order valence-corrected chi connectivity index (χ4v) is 2.60. The first-order chi connectivity index (χ1) is 6.08. The average molecular weight is 306 g/mol. The van der Waals surface area contributed by atoms with Gasteiger partial charge in [0, 0.05) is 8.95 Å². The van der Waals surface area contributed by atoms with Crippen molar-refractivity contribution in [3.8, 4) is 0 Å². The highest BCUT2D eigenvalue weighted by Gasteiger charge is 1.99. The van der Waals surface area contributed by atoms with Crippen molar-refractivity contribution in [3.63, 3.8) is 0 Å². The van der Waals surface area contributed by atoms with E-state index in [0.29, 0.717) is 0 Å². The van der Waals surface area contributed by atoms with Crippen LogP contribution in [0.2, 0.25) is 0 Å². The fourth-order valence-electron chi connectivity index (χ4n) is 1.21. The van der Waals surface area contributed by atoms with Gasteiger partial charge < -0.3 is 0 Å². The summed E-state index contributed by atoms with van der Waals surface area (Å²) in [6.07, 6.45) is 2.42. The first-order valence-electron chi connectivity index (χ1n) is 4.53. The van der Waals surface area contributed by atoms with E-state index in [1.54, 1.807) is 0 Å². The summed E-state index contributed by atoms with van der Waals surface area (Å²) in [7, 11) is 0. The lowest BCUT2D eigenvalue weighted by Crippen LogP contribution is -1.92. The van der Waals surface area contributed by atoms with Gasteiger partial charge in [-0.25, -0.2) is 0 Å². The summed E-state index contributed by atoms with van der Waals surface area (Å²) in [6.45, 7) is 4.51. The molecule has 2 heteroatoms. The summed E-state index contributed by atoms with van der Waals surface area (Å²) < 4.78 is 2.31. The molecule has 0 atom stereocenters. The smallest absolute Gasteiger partial charge is 0.0189 e. The van der Waals surface area contributed by atoms with Crippen molar-refractivity contribution in [1.29, 1.82) is 0 Å². The van der Waals surface area contributed by atoms with E-state index in [4.69, 9.17) is 0 Å². The van der Waals surface area contributed by atoms with Crippen molar-refractivity contribution in [2.45, 2.75) is 26.7 Å². The van der Waals surface area contributed by atoms with E-state index in [9.17, 15) is 0 Å². The van der Waals surface area contributed by atoms with Crippen LogP contribution in [0.1, 0.15) is 25.8 Å². The molecule has 0 aromatic heterocycles. The van der Waals surface area contributed by atoms with Gasteiger partial charge in [0.05, 0.1) is 0 Å². The van der Waals surface area contributed by atoms with E-state index < -0.39 is 0 Å². The van der Waals surface area contributed by atoms with Gasteiger partial charge in [0.25, 0.3) is 0 Å². The highest BCUT2D eigenvalue weighted by atomic mass is 79.9. The van der Waals surface area contributed by atoms with Crippen LogP contribution in [-0.2, 0) is 6.42 Å². The molecule has 0 aliphatic heterocycles. The van der Waals surface area contributed by atoms with Gasteiger partial charge in [-0.1, -0.05) is 45.7 Å². The van der Waals surface area contributed by atoms with E-state index in [1.807, 2.05) is 0 Å². The fraction of sp³-hybridized carbons (Fsp3) is 0.455. The molecule has 0 radical (unpaired) electrons. The van der Waals surface area contributed by atoms with Crippen molar-refractivity contribution in [2.24, 2.45) is 5.92 Å². The van der Waals surface area contributed by atoms with E-state index in [2.05, 4.69) is 63.9 Å². The van der Waals surface area contributed by atoms with Crippen LogP contribution in [0.3, 0.4) is 0 Å². The van der Waals surface area contributed by atoms with E-state index in [-0.39, 0.29) is 0 Å². The Bertz CT molecular complexity index is 259. The molecule has 0 unspecified atom stereocenters. The molecule has 0 aliphatic carbocycles. The topological polar surface area (TPSA) is 0 Å². The molecule has 0 aliphatic rings. The number of aryl methyl sites for hydroxylation is 1. The molecule has 1 aromatic carbocycles. The Labute approximate surface area is 97.0 Å². The Hall–Kier alpha value is 0.180. The molecule has 72 valence electrons. The molecule has 13 heavy (non-hydrogen) atoms. The second-order valence-corrected chi connectivity index (χ2v) is 5.54. The molecule has 0 saturated carbocycles. The molecular formula is C11H14Br2. The predicted octanol–water partition coefficient (Wildman–Crippen LogP) is 4.80. The van der Waals surface area contributed by atoms with Gasteiger partial charge in [0.15, 0.2) is 0 Å². The standard InChI is InChI=1S/C11H14Br2/c1-8(2)3-4-9-5-10(12)7-11(13)6-9/h5-8H,3-4H2,1-2H3. The van der Waals surface area contributed by atoms with Gasteiger partial charge in [0.2, 0.25) is 0 Å². The highest BCUT2D eigenvalue weighted by molar-refractivity contribution is 9.11. The van der Waals surface area contributed by atoms with Crippen LogP contribution in [-0.4, -0.2) is 0 Å². The van der Waals surface area contributed by atoms with Crippen LogP contribution in [0.15, 0.2) is 27.1 Å². The van der Waals surface area contributed by atoms with Gasteiger partial charge in [-0.05, 0) is 42.5 Å². The van der Waals surface area contributed by atoms with Crippen LogP contribution in [0.4, 0.5) is 0 Å². The third-order valence-electron chi connectivity index (χ3n) is 1.93. The maximum atomic E-state index is 3.49. The summed E-state index contributed by atoms with van der Waals surface area (Å²) in [6, 6.07) is 6.44. The van der Waals surface area contributed by atoms with E-state index in [0.717, 1.165) is 21.3 Å². The molecular weight excluding hydrogens is 292 g/mol. The second kappa shape index (κ2) is 5.16. The molecule has 0 saturated heterocycles. The maximum absolute atomic E-state index is 3.49. The molecule has 0 N–H and O–H groups in total. The summed E-state index contributed by atoms with van der Waals surface area (Å²) in [5, 5.41) is 0. The zero-order valence-electron chi connectivity index (χ0n) is 7.98. The van der Waals surface area contributed by atoms with E-state index in [1.165, 1.54) is 12.0 Å².